The molecule has 0 bridgehead atoms. The lowest BCUT2D eigenvalue weighted by Crippen LogP contribution is -2.33. The molecule has 2 N–H and O–H groups in total. The highest BCUT2D eigenvalue weighted by molar-refractivity contribution is 9.10. The molecule has 1 heterocycles. The lowest BCUT2D eigenvalue weighted by Gasteiger charge is -2.19. The highest BCUT2D eigenvalue weighted by Crippen LogP contribution is 2.38. The normalized spacial score (nSPS) is 25.9. The second kappa shape index (κ2) is 6.75. The van der Waals surface area contributed by atoms with E-state index in [4.69, 9.17) is 5.73 Å². The summed E-state index contributed by atoms with van der Waals surface area (Å²) in [6, 6.07) is 3.21. The maximum absolute atomic E-state index is 12.7. The second-order valence-corrected chi connectivity index (χ2v) is 7.09. The summed E-state index contributed by atoms with van der Waals surface area (Å²) in [5, 5.41) is 11.1. The van der Waals surface area contributed by atoms with Gasteiger partial charge < -0.3 is 10.6 Å². The molecule has 0 radical (unpaired) electrons. The van der Waals surface area contributed by atoms with Crippen molar-refractivity contribution in [3.8, 4) is 0 Å². The molecule has 1 aliphatic heterocycles. The number of rotatable bonds is 2. The summed E-state index contributed by atoms with van der Waals surface area (Å²) in [5.41, 5.74) is 6.95. The molecule has 1 aromatic rings. The van der Waals surface area contributed by atoms with Gasteiger partial charge in [0.15, 0.2) is 0 Å². The van der Waals surface area contributed by atoms with Gasteiger partial charge in [-0.25, -0.2) is 0 Å². The van der Waals surface area contributed by atoms with Crippen molar-refractivity contribution in [1.29, 1.82) is 0 Å². The molecule has 3 rings (SSSR count). The molecule has 1 amide bonds. The van der Waals surface area contributed by atoms with Gasteiger partial charge in [0.1, 0.15) is 0 Å². The minimum absolute atomic E-state index is 0. The zero-order chi connectivity index (χ0) is 16.0. The number of hydrogen-bond donors (Lipinski definition) is 1. The molecule has 1 saturated carbocycles. The number of nitrogens with zero attached hydrogens (tertiary/aromatic N) is 2. The monoisotopic (exact) mass is 403 g/mol. The number of nitro benzene ring substituents is 1. The molecule has 0 aromatic heterocycles. The Kier molecular flexibility index (Phi) is 5.33. The van der Waals surface area contributed by atoms with Crippen LogP contribution in [0.4, 0.5) is 5.69 Å². The Morgan fingerprint density at radius 2 is 2.09 bits per heavy atom. The van der Waals surface area contributed by atoms with Crippen molar-refractivity contribution in [1.82, 2.24) is 4.90 Å². The summed E-state index contributed by atoms with van der Waals surface area (Å²) in [6.45, 7) is 3.02. The van der Waals surface area contributed by atoms with Crippen molar-refractivity contribution < 1.29 is 9.72 Å². The Hall–Kier alpha value is -1.18. The van der Waals surface area contributed by atoms with Gasteiger partial charge in [0.05, 0.1) is 4.92 Å². The quantitative estimate of drug-likeness (QED) is 0.606. The van der Waals surface area contributed by atoms with Gasteiger partial charge in [-0.3, -0.25) is 14.9 Å². The summed E-state index contributed by atoms with van der Waals surface area (Å²) < 4.78 is 0.584. The Morgan fingerprint density at radius 3 is 2.70 bits per heavy atom. The van der Waals surface area contributed by atoms with Crippen LogP contribution < -0.4 is 5.73 Å². The predicted molar refractivity (Wildman–Crippen MR) is 92.9 cm³/mol. The molecule has 1 aromatic carbocycles. The molecule has 126 valence electrons. The molecule has 6 nitrogen and oxygen atoms in total. The predicted octanol–water partition coefficient (Wildman–Crippen LogP) is 2.90. The Morgan fingerprint density at radius 1 is 1.39 bits per heavy atom. The lowest BCUT2D eigenvalue weighted by atomic mass is 9.98. The van der Waals surface area contributed by atoms with E-state index in [1.807, 2.05) is 0 Å². The Bertz CT molecular complexity index is 655. The third-order valence-electron chi connectivity index (χ3n) is 4.96. The number of benzene rings is 1. The summed E-state index contributed by atoms with van der Waals surface area (Å²) in [7, 11) is 0. The number of likely N-dealkylation sites (tertiary alicyclic amines) is 1. The van der Waals surface area contributed by atoms with Gasteiger partial charge in [0.2, 0.25) is 0 Å². The third kappa shape index (κ3) is 3.22. The zero-order valence-electron chi connectivity index (χ0n) is 12.7. The first-order valence-corrected chi connectivity index (χ1v) is 8.17. The first-order valence-electron chi connectivity index (χ1n) is 7.38. The van der Waals surface area contributed by atoms with Crippen LogP contribution in [0.25, 0.3) is 0 Å². The van der Waals surface area contributed by atoms with E-state index in [1.54, 1.807) is 17.9 Å². The number of halogens is 2. The minimum Gasteiger partial charge on any atom is -0.338 e. The molecule has 2 aliphatic rings. The van der Waals surface area contributed by atoms with E-state index in [9.17, 15) is 14.9 Å². The fraction of sp³-hybridized carbons (Fsp3) is 0.533. The van der Waals surface area contributed by atoms with Crippen molar-refractivity contribution in [2.24, 2.45) is 17.6 Å². The van der Waals surface area contributed by atoms with E-state index in [-0.39, 0.29) is 30.0 Å². The van der Waals surface area contributed by atoms with Crippen LogP contribution in [0.15, 0.2) is 16.6 Å². The average molecular weight is 405 g/mol. The van der Waals surface area contributed by atoms with E-state index >= 15 is 0 Å². The van der Waals surface area contributed by atoms with Crippen molar-refractivity contribution in [2.75, 3.05) is 13.1 Å². The molecule has 3 unspecified atom stereocenters. The maximum Gasteiger partial charge on any atom is 0.274 e. The topological polar surface area (TPSA) is 89.5 Å². The Labute approximate surface area is 149 Å². The van der Waals surface area contributed by atoms with Crippen LogP contribution in [0.1, 0.15) is 28.8 Å². The molecule has 3 atom stereocenters. The van der Waals surface area contributed by atoms with Crippen molar-refractivity contribution in [3.05, 3.63) is 37.8 Å². The smallest absolute Gasteiger partial charge is 0.274 e. The van der Waals surface area contributed by atoms with E-state index in [0.717, 1.165) is 12.8 Å². The minimum atomic E-state index is -0.453. The molecule has 0 spiro atoms. The fourth-order valence-electron chi connectivity index (χ4n) is 3.63. The summed E-state index contributed by atoms with van der Waals surface area (Å²) >= 11 is 3.31. The second-order valence-electron chi connectivity index (χ2n) is 6.23. The van der Waals surface area contributed by atoms with Gasteiger partial charge in [-0.05, 0) is 37.7 Å². The van der Waals surface area contributed by atoms with E-state index < -0.39 is 4.92 Å². The highest BCUT2D eigenvalue weighted by atomic mass is 79.9. The zero-order valence-corrected chi connectivity index (χ0v) is 15.1. The van der Waals surface area contributed by atoms with E-state index in [1.165, 1.54) is 6.07 Å². The molecular formula is C15H19BrClN3O3. The van der Waals surface area contributed by atoms with Crippen LogP contribution >= 0.6 is 28.3 Å². The molecule has 23 heavy (non-hydrogen) atoms. The summed E-state index contributed by atoms with van der Waals surface area (Å²) in [6.07, 6.45) is 2.09. The van der Waals surface area contributed by atoms with Crippen LogP contribution in [0, 0.1) is 28.9 Å². The number of carbonyl (C=O) groups is 1. The third-order valence-corrected chi connectivity index (χ3v) is 5.78. The molecular weight excluding hydrogens is 386 g/mol. The number of fused-ring (bicyclic) bond motifs is 1. The number of nitrogens with two attached hydrogens (primary N) is 1. The summed E-state index contributed by atoms with van der Waals surface area (Å²) in [5.74, 6) is 0.695. The van der Waals surface area contributed by atoms with Crippen molar-refractivity contribution in [2.45, 2.75) is 25.8 Å². The van der Waals surface area contributed by atoms with Crippen molar-refractivity contribution >= 4 is 39.9 Å². The van der Waals surface area contributed by atoms with Gasteiger partial charge in [0.25, 0.3) is 11.6 Å². The highest BCUT2D eigenvalue weighted by Gasteiger charge is 2.42. The molecule has 2 fully saturated rings. The van der Waals surface area contributed by atoms with Crippen LogP contribution in [0.2, 0.25) is 0 Å². The first-order chi connectivity index (χ1) is 10.4. The van der Waals surface area contributed by atoms with Crippen LogP contribution in [-0.2, 0) is 0 Å². The van der Waals surface area contributed by atoms with Crippen LogP contribution in [0.5, 0.6) is 0 Å². The van der Waals surface area contributed by atoms with Crippen molar-refractivity contribution in [3.63, 3.8) is 0 Å². The van der Waals surface area contributed by atoms with Gasteiger partial charge in [-0.2, -0.15) is 0 Å². The molecule has 1 aliphatic carbocycles. The van der Waals surface area contributed by atoms with Gasteiger partial charge >= 0.3 is 0 Å². The SMILES string of the molecule is Cc1c(Br)cc(C(=O)N2CC3CCC(N)C3C2)cc1[N+](=O)[O-].Cl. The van der Waals surface area contributed by atoms with E-state index in [0.29, 0.717) is 40.5 Å². The van der Waals surface area contributed by atoms with Gasteiger partial charge in [-0.15, -0.1) is 12.4 Å². The fourth-order valence-corrected chi connectivity index (χ4v) is 4.08. The number of carbonyl (C=O) groups excluding carboxylic acids is 1. The van der Waals surface area contributed by atoms with E-state index in [2.05, 4.69) is 15.9 Å². The van der Waals surface area contributed by atoms with Gasteiger partial charge in [0, 0.05) is 40.8 Å². The number of amides is 1. The molecule has 1 saturated heterocycles. The Balaban J connectivity index is 0.00000192. The standard InChI is InChI=1S/C15H18BrN3O3.ClH/c1-8-12(16)4-10(5-14(8)19(21)22)15(20)18-6-9-2-3-13(17)11(9)7-18;/h4-5,9,11,13H,2-3,6-7,17H2,1H3;1H. The number of hydrogen-bond acceptors (Lipinski definition) is 4. The summed E-state index contributed by atoms with van der Waals surface area (Å²) in [4.78, 5) is 25.1. The van der Waals surface area contributed by atoms with Gasteiger partial charge in [-0.1, -0.05) is 15.9 Å². The average Bonchev–Trinajstić information content (AvgIpc) is 3.03. The first kappa shape index (κ1) is 18.2. The number of nitro groups is 1. The van der Waals surface area contributed by atoms with Crippen LogP contribution in [-0.4, -0.2) is 34.9 Å². The van der Waals surface area contributed by atoms with Crippen LogP contribution in [0.3, 0.4) is 0 Å². The maximum atomic E-state index is 12.7. The largest absolute Gasteiger partial charge is 0.338 e. The lowest BCUT2D eigenvalue weighted by molar-refractivity contribution is -0.385. The molecule has 8 heteroatoms.